The van der Waals surface area contributed by atoms with E-state index in [-0.39, 0.29) is 23.0 Å². The molecule has 4 heteroatoms. The van der Waals surface area contributed by atoms with E-state index < -0.39 is 0 Å². The van der Waals surface area contributed by atoms with Crippen LogP contribution in [0.3, 0.4) is 0 Å². The van der Waals surface area contributed by atoms with Crippen LogP contribution in [-0.4, -0.2) is 53.0 Å². The van der Waals surface area contributed by atoms with Crippen molar-refractivity contribution >= 4 is 5.91 Å². The van der Waals surface area contributed by atoms with Crippen LogP contribution in [0.25, 0.3) is 0 Å². The summed E-state index contributed by atoms with van der Waals surface area (Å²) in [6.07, 6.45) is 0. The van der Waals surface area contributed by atoms with Crippen molar-refractivity contribution in [3.05, 3.63) is 0 Å². The predicted molar refractivity (Wildman–Crippen MR) is 66.2 cm³/mol. The van der Waals surface area contributed by atoms with E-state index in [2.05, 4.69) is 39.5 Å². The van der Waals surface area contributed by atoms with Crippen LogP contribution >= 0.6 is 0 Å². The zero-order chi connectivity index (χ0) is 12.7. The van der Waals surface area contributed by atoms with Crippen LogP contribution in [-0.2, 0) is 4.79 Å². The first kappa shape index (κ1) is 13.5. The van der Waals surface area contributed by atoms with Crippen molar-refractivity contribution in [3.8, 4) is 0 Å². The van der Waals surface area contributed by atoms with E-state index in [4.69, 9.17) is 5.73 Å². The molecule has 4 nitrogen and oxygen atoms in total. The fourth-order valence-electron chi connectivity index (χ4n) is 2.17. The van der Waals surface area contributed by atoms with Gasteiger partial charge >= 0.3 is 0 Å². The molecule has 16 heavy (non-hydrogen) atoms. The lowest BCUT2D eigenvalue weighted by Crippen LogP contribution is -2.69. The molecule has 1 rings (SSSR count). The van der Waals surface area contributed by atoms with E-state index in [1.165, 1.54) is 0 Å². The fourth-order valence-corrected chi connectivity index (χ4v) is 2.17. The molecule has 1 aliphatic heterocycles. The molecule has 1 atom stereocenters. The van der Waals surface area contributed by atoms with Crippen LogP contribution in [0.1, 0.15) is 34.6 Å². The minimum Gasteiger partial charge on any atom is -0.335 e. The van der Waals surface area contributed by atoms with E-state index in [1.807, 2.05) is 11.9 Å². The summed E-state index contributed by atoms with van der Waals surface area (Å²) >= 11 is 0. The Balaban J connectivity index is 3.04. The van der Waals surface area contributed by atoms with Gasteiger partial charge in [0.2, 0.25) is 5.91 Å². The highest BCUT2D eigenvalue weighted by Crippen LogP contribution is 2.28. The lowest BCUT2D eigenvalue weighted by atomic mass is 9.91. The Morgan fingerprint density at radius 3 is 2.31 bits per heavy atom. The van der Waals surface area contributed by atoms with Gasteiger partial charge in [-0.2, -0.15) is 0 Å². The third kappa shape index (κ3) is 2.23. The maximum atomic E-state index is 12.3. The van der Waals surface area contributed by atoms with Gasteiger partial charge in [0.15, 0.2) is 0 Å². The Hall–Kier alpha value is -0.610. The normalized spacial score (nSPS) is 27.3. The quantitative estimate of drug-likeness (QED) is 0.716. The molecule has 0 bridgehead atoms. The highest BCUT2D eigenvalue weighted by atomic mass is 16.2. The zero-order valence-electron chi connectivity index (χ0n) is 11.4. The van der Waals surface area contributed by atoms with Gasteiger partial charge in [0, 0.05) is 24.2 Å². The molecule has 0 aromatic carbocycles. The Morgan fingerprint density at radius 1 is 1.44 bits per heavy atom. The van der Waals surface area contributed by atoms with Gasteiger partial charge in [0.1, 0.15) is 6.04 Å². The van der Waals surface area contributed by atoms with Gasteiger partial charge in [0.05, 0.1) is 0 Å². The third-order valence-electron chi connectivity index (χ3n) is 3.55. The molecular formula is C12H25N3O. The molecule has 1 amide bonds. The molecule has 1 saturated heterocycles. The summed E-state index contributed by atoms with van der Waals surface area (Å²) in [5.74, 6) is 0.150. The lowest BCUT2D eigenvalue weighted by molar-refractivity contribution is -0.154. The minimum absolute atomic E-state index is 0.0226. The molecule has 1 unspecified atom stereocenters. The molecule has 0 spiro atoms. The van der Waals surface area contributed by atoms with Crippen LogP contribution in [0, 0.1) is 0 Å². The van der Waals surface area contributed by atoms with Gasteiger partial charge < -0.3 is 10.6 Å². The zero-order valence-corrected chi connectivity index (χ0v) is 11.4. The molecule has 1 aliphatic rings. The number of nitrogens with zero attached hydrogens (tertiary/aromatic N) is 2. The van der Waals surface area contributed by atoms with Crippen LogP contribution in [0.15, 0.2) is 0 Å². The predicted octanol–water partition coefficient (Wildman–Crippen LogP) is 0.665. The smallest absolute Gasteiger partial charge is 0.241 e. The lowest BCUT2D eigenvalue weighted by Gasteiger charge is -2.53. The van der Waals surface area contributed by atoms with Crippen molar-refractivity contribution < 1.29 is 4.79 Å². The SMILES string of the molecule is CN1C(CN)C(=O)N(C(C)(C)C)CC1(C)C. The molecule has 0 aromatic rings. The summed E-state index contributed by atoms with van der Waals surface area (Å²) in [7, 11) is 1.98. The monoisotopic (exact) mass is 227 g/mol. The Labute approximate surface area is 98.8 Å². The summed E-state index contributed by atoms with van der Waals surface area (Å²) in [5.41, 5.74) is 5.56. The molecule has 94 valence electrons. The summed E-state index contributed by atoms with van der Waals surface area (Å²) in [6, 6.07) is -0.192. The molecular weight excluding hydrogens is 202 g/mol. The summed E-state index contributed by atoms with van der Waals surface area (Å²) in [4.78, 5) is 16.3. The van der Waals surface area contributed by atoms with Crippen LogP contribution in [0.4, 0.5) is 0 Å². The molecule has 0 radical (unpaired) electrons. The Morgan fingerprint density at radius 2 is 1.94 bits per heavy atom. The van der Waals surface area contributed by atoms with Gasteiger partial charge in [0.25, 0.3) is 0 Å². The summed E-state index contributed by atoms with van der Waals surface area (Å²) in [5, 5.41) is 0. The van der Waals surface area contributed by atoms with Gasteiger partial charge in [-0.25, -0.2) is 0 Å². The number of piperazine rings is 1. The molecule has 0 saturated carbocycles. The Bertz CT molecular complexity index is 280. The van der Waals surface area contributed by atoms with E-state index in [1.54, 1.807) is 0 Å². The number of carbonyl (C=O) groups is 1. The van der Waals surface area contributed by atoms with Crippen molar-refractivity contribution in [3.63, 3.8) is 0 Å². The van der Waals surface area contributed by atoms with Crippen molar-refractivity contribution in [2.75, 3.05) is 20.1 Å². The largest absolute Gasteiger partial charge is 0.335 e. The average molecular weight is 227 g/mol. The first-order chi connectivity index (χ1) is 7.11. The third-order valence-corrected chi connectivity index (χ3v) is 3.55. The van der Waals surface area contributed by atoms with E-state index in [0.717, 1.165) is 6.54 Å². The highest BCUT2D eigenvalue weighted by molar-refractivity contribution is 5.84. The number of likely N-dealkylation sites (N-methyl/N-ethyl adjacent to an activating group) is 1. The van der Waals surface area contributed by atoms with E-state index >= 15 is 0 Å². The number of hydrogen-bond acceptors (Lipinski definition) is 3. The number of nitrogens with two attached hydrogens (primary N) is 1. The molecule has 0 aromatic heterocycles. The van der Waals surface area contributed by atoms with Crippen molar-refractivity contribution in [2.45, 2.75) is 51.7 Å². The standard InChI is InChI=1S/C12H25N3O/c1-11(2,3)15-8-12(4,5)14(6)9(7-13)10(15)16/h9H,7-8,13H2,1-6H3. The summed E-state index contributed by atoms with van der Waals surface area (Å²) < 4.78 is 0. The Kier molecular flexibility index (Phi) is 3.37. The van der Waals surface area contributed by atoms with Gasteiger partial charge in [-0.1, -0.05) is 0 Å². The van der Waals surface area contributed by atoms with Crippen molar-refractivity contribution in [1.82, 2.24) is 9.80 Å². The number of carbonyl (C=O) groups excluding carboxylic acids is 1. The van der Waals surface area contributed by atoms with Gasteiger partial charge in [-0.05, 0) is 41.7 Å². The van der Waals surface area contributed by atoms with Crippen molar-refractivity contribution in [2.24, 2.45) is 5.73 Å². The second kappa shape index (κ2) is 4.00. The second-order valence-electron chi connectivity index (χ2n) is 6.27. The van der Waals surface area contributed by atoms with Gasteiger partial charge in [-0.3, -0.25) is 9.69 Å². The minimum atomic E-state index is -0.192. The topological polar surface area (TPSA) is 49.6 Å². The molecule has 1 heterocycles. The summed E-state index contributed by atoms with van der Waals surface area (Å²) in [6.45, 7) is 11.6. The van der Waals surface area contributed by atoms with Crippen molar-refractivity contribution in [1.29, 1.82) is 0 Å². The maximum Gasteiger partial charge on any atom is 0.241 e. The average Bonchev–Trinajstić information content (AvgIpc) is 2.11. The molecule has 0 aliphatic carbocycles. The highest BCUT2D eigenvalue weighted by Gasteiger charge is 2.45. The first-order valence-electron chi connectivity index (χ1n) is 5.86. The van der Waals surface area contributed by atoms with Crippen LogP contribution in [0.5, 0.6) is 0 Å². The molecule has 1 fully saturated rings. The number of amides is 1. The molecule has 2 N–H and O–H groups in total. The van der Waals surface area contributed by atoms with E-state index in [0.29, 0.717) is 6.54 Å². The van der Waals surface area contributed by atoms with Gasteiger partial charge in [-0.15, -0.1) is 0 Å². The van der Waals surface area contributed by atoms with E-state index in [9.17, 15) is 4.79 Å². The second-order valence-corrected chi connectivity index (χ2v) is 6.27. The first-order valence-corrected chi connectivity index (χ1v) is 5.86. The number of rotatable bonds is 1. The van der Waals surface area contributed by atoms with Crippen LogP contribution < -0.4 is 5.73 Å². The maximum absolute atomic E-state index is 12.3. The fraction of sp³-hybridized carbons (Fsp3) is 0.917. The van der Waals surface area contributed by atoms with Crippen LogP contribution in [0.2, 0.25) is 0 Å². The number of hydrogen-bond donors (Lipinski definition) is 1.